The Labute approximate surface area is 109 Å². The lowest BCUT2D eigenvalue weighted by atomic mass is 9.99. The predicted octanol–water partition coefficient (Wildman–Crippen LogP) is 3.08. The van der Waals surface area contributed by atoms with Crippen molar-refractivity contribution in [2.75, 3.05) is 13.2 Å². The third-order valence-electron chi connectivity index (χ3n) is 2.83. The molecule has 0 bridgehead atoms. The zero-order valence-electron chi connectivity index (χ0n) is 11.4. The minimum atomic E-state index is -0.304. The average Bonchev–Trinajstić information content (AvgIpc) is 2.36. The van der Waals surface area contributed by atoms with Crippen LogP contribution in [-0.4, -0.2) is 24.2 Å². The van der Waals surface area contributed by atoms with Crippen LogP contribution in [-0.2, 0) is 4.74 Å². The number of ether oxygens (including phenoxy) is 1. The summed E-state index contributed by atoms with van der Waals surface area (Å²) in [6, 6.07) is 1.53. The van der Waals surface area contributed by atoms with Crippen LogP contribution in [0.4, 0.5) is 4.39 Å². The first-order valence-corrected chi connectivity index (χ1v) is 6.68. The van der Waals surface area contributed by atoms with Gasteiger partial charge in [0.2, 0.25) is 0 Å². The molecular weight excluding hydrogens is 231 g/mol. The van der Waals surface area contributed by atoms with Gasteiger partial charge in [-0.05, 0) is 31.5 Å². The van der Waals surface area contributed by atoms with Gasteiger partial charge in [-0.1, -0.05) is 20.3 Å². The summed E-state index contributed by atoms with van der Waals surface area (Å²) in [5, 5.41) is 3.36. The Bertz CT molecular complexity index is 340. The zero-order chi connectivity index (χ0) is 13.4. The van der Waals surface area contributed by atoms with Crippen LogP contribution in [0.15, 0.2) is 18.5 Å². The van der Waals surface area contributed by atoms with Gasteiger partial charge in [0.25, 0.3) is 0 Å². The van der Waals surface area contributed by atoms with Gasteiger partial charge in [0.15, 0.2) is 0 Å². The largest absolute Gasteiger partial charge is 0.377 e. The molecule has 4 heteroatoms. The molecule has 2 atom stereocenters. The molecular formula is C14H23FN2O. The van der Waals surface area contributed by atoms with E-state index in [0.717, 1.165) is 24.9 Å². The average molecular weight is 254 g/mol. The molecule has 1 heterocycles. The number of halogens is 1. The van der Waals surface area contributed by atoms with Crippen LogP contribution in [0.25, 0.3) is 0 Å². The highest BCUT2D eigenvalue weighted by molar-refractivity contribution is 5.16. The number of rotatable bonds is 8. The standard InChI is InChI=1S/C14H23FN2O/c1-4-7-13(18-6-3)14(17-5-2)11-8-12(15)10-16-9-11/h8-10,13-14,17H,4-7H2,1-3H3. The topological polar surface area (TPSA) is 34.1 Å². The Hall–Kier alpha value is -1.00. The number of pyridine rings is 1. The van der Waals surface area contributed by atoms with Gasteiger partial charge in [-0.3, -0.25) is 4.98 Å². The van der Waals surface area contributed by atoms with Crippen molar-refractivity contribution in [2.45, 2.75) is 45.8 Å². The van der Waals surface area contributed by atoms with Crippen molar-refractivity contribution < 1.29 is 9.13 Å². The summed E-state index contributed by atoms with van der Waals surface area (Å²) in [7, 11) is 0. The first-order chi connectivity index (χ1) is 8.72. The van der Waals surface area contributed by atoms with E-state index in [2.05, 4.69) is 17.2 Å². The molecule has 102 valence electrons. The van der Waals surface area contributed by atoms with Crippen LogP contribution in [0.2, 0.25) is 0 Å². The molecule has 0 radical (unpaired) electrons. The number of hydrogen-bond acceptors (Lipinski definition) is 3. The van der Waals surface area contributed by atoms with Crippen molar-refractivity contribution in [3.63, 3.8) is 0 Å². The van der Waals surface area contributed by atoms with Crippen LogP contribution in [0, 0.1) is 5.82 Å². The van der Waals surface area contributed by atoms with Gasteiger partial charge < -0.3 is 10.1 Å². The molecule has 0 aliphatic carbocycles. The Kier molecular flexibility index (Phi) is 6.83. The summed E-state index contributed by atoms with van der Waals surface area (Å²) < 4.78 is 19.1. The summed E-state index contributed by atoms with van der Waals surface area (Å²) in [6.45, 7) is 7.62. The molecule has 1 rings (SSSR count). The van der Waals surface area contributed by atoms with E-state index >= 15 is 0 Å². The fourth-order valence-corrected chi connectivity index (χ4v) is 2.13. The number of hydrogen-bond donors (Lipinski definition) is 1. The molecule has 0 aromatic carbocycles. The molecule has 0 saturated carbocycles. The smallest absolute Gasteiger partial charge is 0.141 e. The Morgan fingerprint density at radius 1 is 1.33 bits per heavy atom. The minimum Gasteiger partial charge on any atom is -0.377 e. The maximum atomic E-state index is 13.3. The van der Waals surface area contributed by atoms with Crippen LogP contribution in [0.3, 0.4) is 0 Å². The maximum Gasteiger partial charge on any atom is 0.141 e. The zero-order valence-corrected chi connectivity index (χ0v) is 11.4. The molecule has 0 fully saturated rings. The van der Waals surface area contributed by atoms with Crippen molar-refractivity contribution in [1.82, 2.24) is 10.3 Å². The van der Waals surface area contributed by atoms with Crippen molar-refractivity contribution in [1.29, 1.82) is 0 Å². The fourth-order valence-electron chi connectivity index (χ4n) is 2.13. The van der Waals surface area contributed by atoms with Crippen LogP contribution in [0.1, 0.15) is 45.2 Å². The van der Waals surface area contributed by atoms with Crippen molar-refractivity contribution in [2.24, 2.45) is 0 Å². The van der Waals surface area contributed by atoms with E-state index in [-0.39, 0.29) is 18.0 Å². The SMILES string of the molecule is CCCC(OCC)C(NCC)c1cncc(F)c1. The van der Waals surface area contributed by atoms with Crippen molar-refractivity contribution >= 4 is 0 Å². The molecule has 1 N–H and O–H groups in total. The highest BCUT2D eigenvalue weighted by atomic mass is 19.1. The van der Waals surface area contributed by atoms with E-state index in [1.165, 1.54) is 12.3 Å². The van der Waals surface area contributed by atoms with E-state index < -0.39 is 0 Å². The van der Waals surface area contributed by atoms with Gasteiger partial charge in [0.05, 0.1) is 18.3 Å². The van der Waals surface area contributed by atoms with E-state index in [9.17, 15) is 4.39 Å². The van der Waals surface area contributed by atoms with E-state index in [1.807, 2.05) is 13.8 Å². The number of likely N-dealkylation sites (N-methyl/N-ethyl adjacent to an activating group) is 1. The normalized spacial score (nSPS) is 14.4. The molecule has 2 unspecified atom stereocenters. The summed E-state index contributed by atoms with van der Waals surface area (Å²) in [5.41, 5.74) is 0.851. The summed E-state index contributed by atoms with van der Waals surface area (Å²) in [6.07, 6.45) is 4.97. The lowest BCUT2D eigenvalue weighted by Gasteiger charge is -2.27. The van der Waals surface area contributed by atoms with Gasteiger partial charge in [-0.2, -0.15) is 0 Å². The molecule has 1 aromatic rings. The maximum absolute atomic E-state index is 13.3. The number of nitrogens with one attached hydrogen (secondary N) is 1. The molecule has 0 amide bonds. The number of aromatic nitrogens is 1. The first-order valence-electron chi connectivity index (χ1n) is 6.68. The van der Waals surface area contributed by atoms with Gasteiger partial charge >= 0.3 is 0 Å². The molecule has 3 nitrogen and oxygen atoms in total. The molecule has 0 aliphatic rings. The van der Waals surface area contributed by atoms with Gasteiger partial charge in [0.1, 0.15) is 5.82 Å². The minimum absolute atomic E-state index is 0.00176. The highest BCUT2D eigenvalue weighted by Gasteiger charge is 2.22. The molecule has 0 aliphatic heterocycles. The third-order valence-corrected chi connectivity index (χ3v) is 2.83. The summed E-state index contributed by atoms with van der Waals surface area (Å²) >= 11 is 0. The van der Waals surface area contributed by atoms with E-state index in [1.54, 1.807) is 6.20 Å². The summed E-state index contributed by atoms with van der Waals surface area (Å²) in [5.74, 6) is -0.304. The quantitative estimate of drug-likeness (QED) is 0.774. The summed E-state index contributed by atoms with van der Waals surface area (Å²) in [4.78, 5) is 3.92. The van der Waals surface area contributed by atoms with E-state index in [0.29, 0.717) is 6.61 Å². The lowest BCUT2D eigenvalue weighted by Crippen LogP contribution is -2.34. The molecule has 0 spiro atoms. The second-order valence-corrected chi connectivity index (χ2v) is 4.25. The molecule has 0 saturated heterocycles. The monoisotopic (exact) mass is 254 g/mol. The first kappa shape index (κ1) is 15.1. The van der Waals surface area contributed by atoms with Gasteiger partial charge in [-0.15, -0.1) is 0 Å². The van der Waals surface area contributed by atoms with Crippen LogP contribution < -0.4 is 5.32 Å². The number of nitrogens with zero attached hydrogens (tertiary/aromatic N) is 1. The Balaban J connectivity index is 2.91. The second-order valence-electron chi connectivity index (χ2n) is 4.25. The highest BCUT2D eigenvalue weighted by Crippen LogP contribution is 2.22. The second kappa shape index (κ2) is 8.16. The van der Waals surface area contributed by atoms with Gasteiger partial charge in [0, 0.05) is 12.8 Å². The fraction of sp³-hybridized carbons (Fsp3) is 0.643. The van der Waals surface area contributed by atoms with Gasteiger partial charge in [-0.25, -0.2) is 4.39 Å². The predicted molar refractivity (Wildman–Crippen MR) is 70.9 cm³/mol. The lowest BCUT2D eigenvalue weighted by molar-refractivity contribution is 0.0278. The molecule has 1 aromatic heterocycles. The van der Waals surface area contributed by atoms with Crippen molar-refractivity contribution in [3.05, 3.63) is 29.8 Å². The Morgan fingerprint density at radius 3 is 2.67 bits per heavy atom. The van der Waals surface area contributed by atoms with E-state index in [4.69, 9.17) is 4.74 Å². The third kappa shape index (κ3) is 4.35. The Morgan fingerprint density at radius 2 is 2.11 bits per heavy atom. The van der Waals surface area contributed by atoms with Crippen molar-refractivity contribution in [3.8, 4) is 0 Å². The van der Waals surface area contributed by atoms with Crippen LogP contribution >= 0.6 is 0 Å². The molecule has 18 heavy (non-hydrogen) atoms. The van der Waals surface area contributed by atoms with Crippen LogP contribution in [0.5, 0.6) is 0 Å².